The second-order valence-corrected chi connectivity index (χ2v) is 4.93. The Bertz CT molecular complexity index is 631. The van der Waals surface area contributed by atoms with Crippen molar-refractivity contribution in [2.45, 2.75) is 19.9 Å². The lowest BCUT2D eigenvalue weighted by Crippen LogP contribution is -2.35. The molecule has 1 heterocycles. The third-order valence-electron chi connectivity index (χ3n) is 3.59. The number of phenols is 1. The van der Waals surface area contributed by atoms with E-state index in [1.807, 2.05) is 19.9 Å². The smallest absolute Gasteiger partial charge is 0.274 e. The number of nitrogen functional groups attached to an aromatic ring is 1. The fraction of sp³-hybridized carbons (Fsp3) is 0.333. The van der Waals surface area contributed by atoms with Gasteiger partial charge in [-0.1, -0.05) is 12.1 Å². The highest BCUT2D eigenvalue weighted by molar-refractivity contribution is 5.97. The second kappa shape index (κ2) is 5.87. The standard InChI is InChI=1S/C15H20N4O2/c1-4-19(10(2)11-6-5-7-12(20)8-11)15(21)14-13(16)9-17-18(14)3/h5-10,20H,4,16H2,1-3H3. The molecule has 0 aliphatic carbocycles. The van der Waals surface area contributed by atoms with Crippen molar-refractivity contribution in [1.82, 2.24) is 14.7 Å². The number of aromatic nitrogens is 2. The number of hydrogen-bond donors (Lipinski definition) is 2. The highest BCUT2D eigenvalue weighted by atomic mass is 16.3. The first-order valence-electron chi connectivity index (χ1n) is 6.83. The third kappa shape index (κ3) is 2.84. The van der Waals surface area contributed by atoms with Crippen LogP contribution in [0, 0.1) is 0 Å². The minimum absolute atomic E-state index is 0.175. The van der Waals surface area contributed by atoms with Gasteiger partial charge in [0.2, 0.25) is 0 Å². The van der Waals surface area contributed by atoms with Crippen LogP contribution in [0.5, 0.6) is 5.75 Å². The fourth-order valence-electron chi connectivity index (χ4n) is 2.41. The van der Waals surface area contributed by atoms with Crippen LogP contribution < -0.4 is 5.73 Å². The number of anilines is 1. The Morgan fingerprint density at radius 1 is 1.52 bits per heavy atom. The van der Waals surface area contributed by atoms with Gasteiger partial charge >= 0.3 is 0 Å². The maximum atomic E-state index is 12.7. The average molecular weight is 288 g/mol. The first kappa shape index (κ1) is 14.9. The van der Waals surface area contributed by atoms with E-state index in [1.54, 1.807) is 30.1 Å². The molecule has 0 aliphatic heterocycles. The normalized spacial score (nSPS) is 12.1. The summed E-state index contributed by atoms with van der Waals surface area (Å²) < 4.78 is 1.48. The number of hydrogen-bond acceptors (Lipinski definition) is 4. The maximum absolute atomic E-state index is 12.7. The molecule has 1 aromatic heterocycles. The van der Waals surface area contributed by atoms with Crippen LogP contribution >= 0.6 is 0 Å². The summed E-state index contributed by atoms with van der Waals surface area (Å²) in [6, 6.07) is 6.73. The monoisotopic (exact) mass is 288 g/mol. The van der Waals surface area contributed by atoms with Gasteiger partial charge in [0.1, 0.15) is 11.4 Å². The Labute approximate surface area is 123 Å². The van der Waals surface area contributed by atoms with Crippen LogP contribution in [0.2, 0.25) is 0 Å². The number of aryl methyl sites for hydroxylation is 1. The van der Waals surface area contributed by atoms with E-state index in [9.17, 15) is 9.90 Å². The van der Waals surface area contributed by atoms with Crippen molar-refractivity contribution in [1.29, 1.82) is 0 Å². The summed E-state index contributed by atoms with van der Waals surface area (Å²) in [5.74, 6) is 0.00809. The van der Waals surface area contributed by atoms with E-state index in [0.717, 1.165) is 5.56 Å². The zero-order chi connectivity index (χ0) is 15.6. The zero-order valence-corrected chi connectivity index (χ0v) is 12.4. The Hall–Kier alpha value is -2.50. The molecule has 1 aromatic carbocycles. The van der Waals surface area contributed by atoms with Crippen molar-refractivity contribution in [2.75, 3.05) is 12.3 Å². The molecule has 6 heteroatoms. The summed E-state index contributed by atoms with van der Waals surface area (Å²) in [4.78, 5) is 14.4. The molecule has 0 spiro atoms. The average Bonchev–Trinajstić information content (AvgIpc) is 2.78. The summed E-state index contributed by atoms with van der Waals surface area (Å²) in [6.07, 6.45) is 1.47. The Kier molecular flexibility index (Phi) is 4.16. The fourth-order valence-corrected chi connectivity index (χ4v) is 2.41. The summed E-state index contributed by atoms with van der Waals surface area (Å²) in [5.41, 5.74) is 7.44. The van der Waals surface area contributed by atoms with E-state index in [4.69, 9.17) is 5.73 Å². The third-order valence-corrected chi connectivity index (χ3v) is 3.59. The first-order chi connectivity index (χ1) is 9.95. The van der Waals surface area contributed by atoms with Gasteiger partial charge in [-0.15, -0.1) is 0 Å². The molecule has 3 N–H and O–H groups in total. The molecule has 0 fully saturated rings. The Morgan fingerprint density at radius 2 is 2.24 bits per heavy atom. The molecule has 6 nitrogen and oxygen atoms in total. The number of carbonyl (C=O) groups is 1. The molecule has 1 amide bonds. The molecule has 21 heavy (non-hydrogen) atoms. The number of aromatic hydroxyl groups is 1. The van der Waals surface area contributed by atoms with Gasteiger partial charge in [-0.3, -0.25) is 9.48 Å². The molecule has 0 bridgehead atoms. The summed E-state index contributed by atoms with van der Waals surface area (Å²) >= 11 is 0. The number of nitrogens with zero attached hydrogens (tertiary/aromatic N) is 3. The number of amides is 1. The quantitative estimate of drug-likeness (QED) is 0.900. The van der Waals surface area contributed by atoms with Crippen molar-refractivity contribution < 1.29 is 9.90 Å². The summed E-state index contributed by atoms with van der Waals surface area (Å²) in [7, 11) is 1.69. The van der Waals surface area contributed by atoms with E-state index in [0.29, 0.717) is 17.9 Å². The molecule has 112 valence electrons. The van der Waals surface area contributed by atoms with Crippen molar-refractivity contribution in [2.24, 2.45) is 7.05 Å². The van der Waals surface area contributed by atoms with Crippen LogP contribution in [0.25, 0.3) is 0 Å². The second-order valence-electron chi connectivity index (χ2n) is 4.93. The lowest BCUT2D eigenvalue weighted by Gasteiger charge is -2.28. The lowest BCUT2D eigenvalue weighted by atomic mass is 10.1. The van der Waals surface area contributed by atoms with E-state index in [-0.39, 0.29) is 17.7 Å². The highest BCUT2D eigenvalue weighted by Gasteiger charge is 2.25. The Balaban J connectivity index is 2.33. The van der Waals surface area contributed by atoms with Crippen LogP contribution in [0.1, 0.15) is 35.9 Å². The molecule has 0 radical (unpaired) electrons. The van der Waals surface area contributed by atoms with Crippen LogP contribution in [0.3, 0.4) is 0 Å². The van der Waals surface area contributed by atoms with Gasteiger partial charge in [-0.05, 0) is 31.5 Å². The van der Waals surface area contributed by atoms with Gasteiger partial charge in [0.25, 0.3) is 5.91 Å². The molecule has 0 aliphatic rings. The molecule has 1 unspecified atom stereocenters. The number of rotatable bonds is 4. The van der Waals surface area contributed by atoms with Crippen LogP contribution in [-0.2, 0) is 7.05 Å². The van der Waals surface area contributed by atoms with Crippen molar-refractivity contribution in [3.63, 3.8) is 0 Å². The van der Waals surface area contributed by atoms with Gasteiger partial charge in [0.05, 0.1) is 17.9 Å². The van der Waals surface area contributed by atoms with Gasteiger partial charge in [0, 0.05) is 13.6 Å². The largest absolute Gasteiger partial charge is 0.508 e. The summed E-state index contributed by atoms with van der Waals surface area (Å²) in [6.45, 7) is 4.35. The van der Waals surface area contributed by atoms with E-state index >= 15 is 0 Å². The lowest BCUT2D eigenvalue weighted by molar-refractivity contribution is 0.0692. The van der Waals surface area contributed by atoms with Crippen LogP contribution in [-0.4, -0.2) is 32.2 Å². The van der Waals surface area contributed by atoms with E-state index in [2.05, 4.69) is 5.10 Å². The number of nitrogens with two attached hydrogens (primary N) is 1. The minimum atomic E-state index is -0.177. The SMILES string of the molecule is CCN(C(=O)c1c(N)cnn1C)C(C)c1cccc(O)c1. The molecule has 2 aromatic rings. The molecule has 0 saturated heterocycles. The molecule has 1 atom stereocenters. The van der Waals surface area contributed by atoms with Gasteiger partial charge in [-0.2, -0.15) is 5.10 Å². The van der Waals surface area contributed by atoms with E-state index in [1.165, 1.54) is 10.9 Å². The van der Waals surface area contributed by atoms with Crippen LogP contribution in [0.15, 0.2) is 30.5 Å². The first-order valence-corrected chi connectivity index (χ1v) is 6.83. The highest BCUT2D eigenvalue weighted by Crippen LogP contribution is 2.25. The zero-order valence-electron chi connectivity index (χ0n) is 12.4. The van der Waals surface area contributed by atoms with Crippen molar-refractivity contribution in [3.8, 4) is 5.75 Å². The number of carbonyl (C=O) groups excluding carboxylic acids is 1. The van der Waals surface area contributed by atoms with E-state index < -0.39 is 0 Å². The van der Waals surface area contributed by atoms with Gasteiger partial charge in [0.15, 0.2) is 0 Å². The molecule has 2 rings (SSSR count). The molecular formula is C15H20N4O2. The van der Waals surface area contributed by atoms with Crippen LogP contribution in [0.4, 0.5) is 5.69 Å². The van der Waals surface area contributed by atoms with Crippen molar-refractivity contribution in [3.05, 3.63) is 41.7 Å². The maximum Gasteiger partial charge on any atom is 0.274 e. The minimum Gasteiger partial charge on any atom is -0.508 e. The predicted molar refractivity (Wildman–Crippen MR) is 80.9 cm³/mol. The van der Waals surface area contributed by atoms with Crippen molar-refractivity contribution >= 4 is 11.6 Å². The predicted octanol–water partition coefficient (Wildman–Crippen LogP) is 1.93. The molecular weight excluding hydrogens is 268 g/mol. The van der Waals surface area contributed by atoms with Gasteiger partial charge < -0.3 is 15.7 Å². The Morgan fingerprint density at radius 3 is 2.76 bits per heavy atom. The number of phenolic OH excluding ortho intramolecular Hbond substituents is 1. The topological polar surface area (TPSA) is 84.4 Å². The summed E-state index contributed by atoms with van der Waals surface area (Å²) in [5, 5.41) is 13.6. The molecule has 0 saturated carbocycles. The van der Waals surface area contributed by atoms with Gasteiger partial charge in [-0.25, -0.2) is 0 Å². The number of benzene rings is 1.